The van der Waals surface area contributed by atoms with Gasteiger partial charge in [0, 0.05) is 18.4 Å². The third kappa shape index (κ3) is 1.44. The third-order valence-electron chi connectivity index (χ3n) is 3.75. The van der Waals surface area contributed by atoms with Crippen molar-refractivity contribution in [1.29, 1.82) is 0 Å². The first-order chi connectivity index (χ1) is 7.62. The molecule has 2 fully saturated rings. The SMILES string of the molecule is O=C1C[C@@]2(c3ccc(Cl)c(Cl)c3)C[C@H]2CN1. The number of carbonyl (C=O) groups is 1. The molecule has 84 valence electrons. The minimum absolute atomic E-state index is 0.0383. The maximum absolute atomic E-state index is 11.5. The number of rotatable bonds is 1. The van der Waals surface area contributed by atoms with Gasteiger partial charge in [-0.1, -0.05) is 29.3 Å². The van der Waals surface area contributed by atoms with Gasteiger partial charge in [0.05, 0.1) is 10.0 Å². The molecule has 1 N–H and O–H groups in total. The lowest BCUT2D eigenvalue weighted by Gasteiger charge is -2.22. The Morgan fingerprint density at radius 3 is 2.88 bits per heavy atom. The maximum atomic E-state index is 11.5. The van der Waals surface area contributed by atoms with Gasteiger partial charge in [0.1, 0.15) is 0 Å². The van der Waals surface area contributed by atoms with Crippen molar-refractivity contribution in [3.05, 3.63) is 33.8 Å². The molecule has 2 atom stereocenters. The Hall–Kier alpha value is -0.730. The number of benzene rings is 1. The fourth-order valence-corrected chi connectivity index (χ4v) is 3.01. The first-order valence-corrected chi connectivity index (χ1v) is 6.10. The summed E-state index contributed by atoms with van der Waals surface area (Å²) < 4.78 is 0. The topological polar surface area (TPSA) is 29.1 Å². The van der Waals surface area contributed by atoms with Crippen LogP contribution in [-0.4, -0.2) is 12.5 Å². The molecule has 1 aromatic carbocycles. The summed E-state index contributed by atoms with van der Waals surface area (Å²) in [5.41, 5.74) is 1.19. The molecule has 1 aliphatic heterocycles. The van der Waals surface area contributed by atoms with Gasteiger partial charge in [-0.05, 0) is 30.0 Å². The molecule has 3 rings (SSSR count). The number of carbonyl (C=O) groups excluding carboxylic acids is 1. The zero-order valence-electron chi connectivity index (χ0n) is 8.59. The van der Waals surface area contributed by atoms with Crippen molar-refractivity contribution < 1.29 is 4.79 Å². The molecule has 0 spiro atoms. The minimum atomic E-state index is 0.0383. The molecule has 1 amide bonds. The predicted octanol–water partition coefficient (Wildman–Crippen LogP) is 2.77. The monoisotopic (exact) mass is 255 g/mol. The lowest BCUT2D eigenvalue weighted by molar-refractivity contribution is -0.122. The Labute approximate surface area is 104 Å². The fraction of sp³-hybridized carbons (Fsp3) is 0.417. The predicted molar refractivity (Wildman–Crippen MR) is 63.9 cm³/mol. The van der Waals surface area contributed by atoms with E-state index in [1.54, 1.807) is 0 Å². The van der Waals surface area contributed by atoms with Crippen LogP contribution in [0.15, 0.2) is 18.2 Å². The smallest absolute Gasteiger partial charge is 0.220 e. The summed E-state index contributed by atoms with van der Waals surface area (Å²) >= 11 is 11.9. The summed E-state index contributed by atoms with van der Waals surface area (Å²) in [5, 5.41) is 4.04. The van der Waals surface area contributed by atoms with E-state index in [0.717, 1.165) is 18.5 Å². The lowest BCUT2D eigenvalue weighted by atomic mass is 9.87. The number of hydrogen-bond acceptors (Lipinski definition) is 1. The van der Waals surface area contributed by atoms with E-state index in [0.29, 0.717) is 22.4 Å². The highest BCUT2D eigenvalue weighted by atomic mass is 35.5. The van der Waals surface area contributed by atoms with Gasteiger partial charge in [-0.25, -0.2) is 0 Å². The number of fused-ring (bicyclic) bond motifs is 1. The highest BCUT2D eigenvalue weighted by Crippen LogP contribution is 2.58. The van der Waals surface area contributed by atoms with Crippen LogP contribution in [0.1, 0.15) is 18.4 Å². The maximum Gasteiger partial charge on any atom is 0.220 e. The van der Waals surface area contributed by atoms with Crippen LogP contribution in [0.5, 0.6) is 0 Å². The largest absolute Gasteiger partial charge is 0.356 e. The summed E-state index contributed by atoms with van der Waals surface area (Å²) in [4.78, 5) is 11.5. The van der Waals surface area contributed by atoms with E-state index < -0.39 is 0 Å². The van der Waals surface area contributed by atoms with Crippen molar-refractivity contribution in [3.63, 3.8) is 0 Å². The van der Waals surface area contributed by atoms with Gasteiger partial charge in [0.15, 0.2) is 0 Å². The zero-order valence-corrected chi connectivity index (χ0v) is 10.1. The van der Waals surface area contributed by atoms with Crippen LogP contribution in [0.25, 0.3) is 0 Å². The molecule has 16 heavy (non-hydrogen) atoms. The average Bonchev–Trinajstić information content (AvgIpc) is 2.96. The number of halogens is 2. The number of piperidine rings is 1. The second-order valence-electron chi connectivity index (χ2n) is 4.67. The van der Waals surface area contributed by atoms with Gasteiger partial charge in [-0.3, -0.25) is 4.79 Å². The zero-order chi connectivity index (χ0) is 11.3. The van der Waals surface area contributed by atoms with Crippen molar-refractivity contribution >= 4 is 29.1 Å². The Bertz CT molecular complexity index is 474. The third-order valence-corrected chi connectivity index (χ3v) is 4.49. The quantitative estimate of drug-likeness (QED) is 0.822. The normalized spacial score (nSPS) is 31.9. The molecule has 1 aliphatic carbocycles. The summed E-state index contributed by atoms with van der Waals surface area (Å²) in [6.07, 6.45) is 1.65. The second-order valence-corrected chi connectivity index (χ2v) is 5.48. The van der Waals surface area contributed by atoms with E-state index in [9.17, 15) is 4.79 Å². The van der Waals surface area contributed by atoms with Crippen molar-refractivity contribution in [3.8, 4) is 0 Å². The van der Waals surface area contributed by atoms with Crippen LogP contribution >= 0.6 is 23.2 Å². The minimum Gasteiger partial charge on any atom is -0.356 e. The summed E-state index contributed by atoms with van der Waals surface area (Å²) in [5.74, 6) is 0.710. The van der Waals surface area contributed by atoms with Gasteiger partial charge in [0.25, 0.3) is 0 Å². The molecule has 2 aliphatic rings. The van der Waals surface area contributed by atoms with E-state index in [2.05, 4.69) is 5.32 Å². The van der Waals surface area contributed by atoms with Crippen molar-refractivity contribution in [2.75, 3.05) is 6.54 Å². The Morgan fingerprint density at radius 1 is 1.31 bits per heavy atom. The first-order valence-electron chi connectivity index (χ1n) is 5.34. The summed E-state index contributed by atoms with van der Waals surface area (Å²) in [7, 11) is 0. The average molecular weight is 256 g/mol. The van der Waals surface area contributed by atoms with Gasteiger partial charge in [-0.2, -0.15) is 0 Å². The number of hydrogen-bond donors (Lipinski definition) is 1. The molecule has 1 saturated heterocycles. The molecule has 2 nitrogen and oxygen atoms in total. The van der Waals surface area contributed by atoms with Gasteiger partial charge >= 0.3 is 0 Å². The van der Waals surface area contributed by atoms with Crippen LogP contribution < -0.4 is 5.32 Å². The van der Waals surface area contributed by atoms with Crippen LogP contribution in [0.2, 0.25) is 10.0 Å². The van der Waals surface area contributed by atoms with E-state index in [1.807, 2.05) is 18.2 Å². The number of nitrogens with one attached hydrogen (secondary N) is 1. The van der Waals surface area contributed by atoms with Crippen molar-refractivity contribution in [1.82, 2.24) is 5.32 Å². The van der Waals surface area contributed by atoms with E-state index in [4.69, 9.17) is 23.2 Å². The molecule has 4 heteroatoms. The molecular formula is C12H11Cl2NO. The molecule has 0 aromatic heterocycles. The van der Waals surface area contributed by atoms with E-state index >= 15 is 0 Å². The van der Waals surface area contributed by atoms with Crippen molar-refractivity contribution in [2.45, 2.75) is 18.3 Å². The van der Waals surface area contributed by atoms with Gasteiger partial charge < -0.3 is 5.32 Å². The number of amides is 1. The van der Waals surface area contributed by atoms with Crippen LogP contribution in [0.3, 0.4) is 0 Å². The molecule has 0 bridgehead atoms. The Morgan fingerprint density at radius 2 is 2.12 bits per heavy atom. The molecular weight excluding hydrogens is 245 g/mol. The second kappa shape index (κ2) is 3.38. The molecule has 1 heterocycles. The van der Waals surface area contributed by atoms with E-state index in [1.165, 1.54) is 0 Å². The Balaban J connectivity index is 1.98. The van der Waals surface area contributed by atoms with E-state index in [-0.39, 0.29) is 11.3 Å². The molecule has 0 unspecified atom stereocenters. The van der Waals surface area contributed by atoms with Gasteiger partial charge in [-0.15, -0.1) is 0 Å². The molecule has 1 saturated carbocycles. The first kappa shape index (κ1) is 10.4. The summed E-state index contributed by atoms with van der Waals surface area (Å²) in [6.45, 7) is 0.791. The fourth-order valence-electron chi connectivity index (χ4n) is 2.71. The van der Waals surface area contributed by atoms with Crippen LogP contribution in [0.4, 0.5) is 0 Å². The molecule has 1 aromatic rings. The highest BCUT2D eigenvalue weighted by molar-refractivity contribution is 6.42. The van der Waals surface area contributed by atoms with Crippen LogP contribution in [0, 0.1) is 5.92 Å². The highest BCUT2D eigenvalue weighted by Gasteiger charge is 2.58. The Kier molecular flexibility index (Phi) is 2.20. The van der Waals surface area contributed by atoms with Gasteiger partial charge in [0.2, 0.25) is 5.91 Å². The van der Waals surface area contributed by atoms with Crippen molar-refractivity contribution in [2.24, 2.45) is 5.92 Å². The lowest BCUT2D eigenvalue weighted by Crippen LogP contribution is -2.36. The van der Waals surface area contributed by atoms with Crippen LogP contribution in [-0.2, 0) is 10.2 Å². The summed E-state index contributed by atoms with van der Waals surface area (Å²) in [6, 6.07) is 5.71. The standard InChI is InChI=1S/C12H11Cl2NO/c13-9-2-1-7(3-10(9)14)12-4-8(12)6-15-11(16)5-12/h1-3,8H,4-6H2,(H,15,16)/t8-,12+/m0/s1. The molecule has 0 radical (unpaired) electrons.